The molecule has 1 aromatic rings. The zero-order chi connectivity index (χ0) is 13.8. The summed E-state index contributed by atoms with van der Waals surface area (Å²) < 4.78 is 4.66. The van der Waals surface area contributed by atoms with Crippen molar-refractivity contribution in [1.82, 2.24) is 4.90 Å². The molecule has 19 heavy (non-hydrogen) atoms. The Labute approximate surface area is 114 Å². The maximum atomic E-state index is 11.3. The van der Waals surface area contributed by atoms with Gasteiger partial charge in [-0.3, -0.25) is 4.90 Å². The first-order chi connectivity index (χ1) is 9.10. The topological polar surface area (TPSA) is 49.8 Å². The molecule has 0 aromatic heterocycles. The van der Waals surface area contributed by atoms with Crippen molar-refractivity contribution in [3.8, 4) is 0 Å². The third-order valence-corrected chi connectivity index (χ3v) is 3.49. The summed E-state index contributed by atoms with van der Waals surface area (Å²) in [6.07, 6.45) is 2.10. The second kappa shape index (κ2) is 6.17. The SMILES string of the molecule is COC(=O)c1ccc(CN(C)CC(O)C2CC2)cc1. The standard InChI is InChI=1S/C15H21NO3/c1-16(10-14(17)12-7-8-12)9-11-3-5-13(6-4-11)15(18)19-2/h3-6,12,14,17H,7-10H2,1-2H3. The van der Waals surface area contributed by atoms with Gasteiger partial charge in [-0.05, 0) is 43.5 Å². The Bertz CT molecular complexity index is 426. The molecule has 0 spiro atoms. The second-order valence-corrected chi connectivity index (χ2v) is 5.29. The number of aliphatic hydroxyl groups is 1. The minimum absolute atomic E-state index is 0.209. The molecule has 1 N–H and O–H groups in total. The lowest BCUT2D eigenvalue weighted by Gasteiger charge is -2.20. The van der Waals surface area contributed by atoms with Crippen LogP contribution in [0.15, 0.2) is 24.3 Å². The van der Waals surface area contributed by atoms with Crippen molar-refractivity contribution in [1.29, 1.82) is 0 Å². The molecule has 4 heteroatoms. The van der Waals surface area contributed by atoms with E-state index >= 15 is 0 Å². The highest BCUT2D eigenvalue weighted by molar-refractivity contribution is 5.89. The van der Waals surface area contributed by atoms with E-state index in [-0.39, 0.29) is 12.1 Å². The van der Waals surface area contributed by atoms with Gasteiger partial charge >= 0.3 is 5.97 Å². The van der Waals surface area contributed by atoms with Gasteiger partial charge in [0, 0.05) is 13.1 Å². The first-order valence-electron chi connectivity index (χ1n) is 6.64. The fraction of sp³-hybridized carbons (Fsp3) is 0.533. The fourth-order valence-electron chi connectivity index (χ4n) is 2.19. The van der Waals surface area contributed by atoms with Crippen LogP contribution in [0.5, 0.6) is 0 Å². The Hall–Kier alpha value is -1.39. The second-order valence-electron chi connectivity index (χ2n) is 5.29. The smallest absolute Gasteiger partial charge is 0.337 e. The Morgan fingerprint density at radius 2 is 2.05 bits per heavy atom. The van der Waals surface area contributed by atoms with E-state index in [2.05, 4.69) is 9.64 Å². The third-order valence-electron chi connectivity index (χ3n) is 3.49. The van der Waals surface area contributed by atoms with Crippen molar-refractivity contribution in [3.05, 3.63) is 35.4 Å². The Morgan fingerprint density at radius 3 is 2.58 bits per heavy atom. The van der Waals surface area contributed by atoms with Crippen LogP contribution in [0.1, 0.15) is 28.8 Å². The molecule has 1 fully saturated rings. The largest absolute Gasteiger partial charge is 0.465 e. The van der Waals surface area contributed by atoms with Crippen molar-refractivity contribution < 1.29 is 14.6 Å². The summed E-state index contributed by atoms with van der Waals surface area (Å²) >= 11 is 0. The quantitative estimate of drug-likeness (QED) is 0.793. The van der Waals surface area contributed by atoms with Crippen LogP contribution in [0.4, 0.5) is 0 Å². The fourth-order valence-corrected chi connectivity index (χ4v) is 2.19. The number of nitrogens with zero attached hydrogens (tertiary/aromatic N) is 1. The number of carbonyl (C=O) groups is 1. The van der Waals surface area contributed by atoms with Gasteiger partial charge in [0.2, 0.25) is 0 Å². The summed E-state index contributed by atoms with van der Waals surface area (Å²) in [6, 6.07) is 7.39. The summed E-state index contributed by atoms with van der Waals surface area (Å²) in [5, 5.41) is 9.88. The van der Waals surface area contributed by atoms with E-state index in [4.69, 9.17) is 0 Å². The van der Waals surface area contributed by atoms with Crippen LogP contribution in [0.2, 0.25) is 0 Å². The van der Waals surface area contributed by atoms with Gasteiger partial charge in [-0.25, -0.2) is 4.79 Å². The van der Waals surface area contributed by atoms with E-state index in [0.717, 1.165) is 24.9 Å². The van der Waals surface area contributed by atoms with Crippen LogP contribution in [-0.2, 0) is 11.3 Å². The van der Waals surface area contributed by atoms with Gasteiger partial charge in [0.15, 0.2) is 0 Å². The van der Waals surface area contributed by atoms with Crippen LogP contribution < -0.4 is 0 Å². The first kappa shape index (κ1) is 14.0. The van der Waals surface area contributed by atoms with Crippen LogP contribution in [-0.4, -0.2) is 42.8 Å². The van der Waals surface area contributed by atoms with Crippen molar-refractivity contribution >= 4 is 5.97 Å². The molecule has 1 saturated carbocycles. The molecule has 1 atom stereocenters. The maximum absolute atomic E-state index is 11.3. The van der Waals surface area contributed by atoms with E-state index in [0.29, 0.717) is 18.0 Å². The number of methoxy groups -OCH3 is 1. The van der Waals surface area contributed by atoms with Gasteiger partial charge in [0.1, 0.15) is 0 Å². The number of ether oxygens (including phenoxy) is 1. The lowest BCUT2D eigenvalue weighted by molar-refractivity contribution is 0.0600. The van der Waals surface area contributed by atoms with Crippen molar-refractivity contribution in [3.63, 3.8) is 0 Å². The molecule has 0 heterocycles. The van der Waals surface area contributed by atoms with Crippen molar-refractivity contribution in [2.45, 2.75) is 25.5 Å². The predicted octanol–water partition coefficient (Wildman–Crippen LogP) is 1.68. The number of hydrogen-bond acceptors (Lipinski definition) is 4. The zero-order valence-electron chi connectivity index (χ0n) is 11.5. The molecule has 1 aliphatic rings. The van der Waals surface area contributed by atoms with Crippen LogP contribution >= 0.6 is 0 Å². The molecule has 0 bridgehead atoms. The average molecular weight is 263 g/mol. The van der Waals surface area contributed by atoms with Crippen LogP contribution in [0, 0.1) is 5.92 Å². The number of benzene rings is 1. The highest BCUT2D eigenvalue weighted by Crippen LogP contribution is 2.32. The van der Waals surface area contributed by atoms with Gasteiger partial charge in [-0.2, -0.15) is 0 Å². The minimum atomic E-state index is -0.316. The highest BCUT2D eigenvalue weighted by Gasteiger charge is 2.30. The lowest BCUT2D eigenvalue weighted by atomic mass is 10.1. The van der Waals surface area contributed by atoms with E-state index in [1.165, 1.54) is 7.11 Å². The molecule has 0 amide bonds. The molecule has 4 nitrogen and oxygen atoms in total. The van der Waals surface area contributed by atoms with Crippen molar-refractivity contribution in [2.24, 2.45) is 5.92 Å². The van der Waals surface area contributed by atoms with Gasteiger partial charge in [-0.15, -0.1) is 0 Å². The average Bonchev–Trinajstić information content (AvgIpc) is 3.22. The summed E-state index contributed by atoms with van der Waals surface area (Å²) in [7, 11) is 3.38. The maximum Gasteiger partial charge on any atom is 0.337 e. The monoisotopic (exact) mass is 263 g/mol. The van der Waals surface area contributed by atoms with Gasteiger partial charge in [0.25, 0.3) is 0 Å². The normalized spacial score (nSPS) is 16.4. The van der Waals surface area contributed by atoms with Crippen LogP contribution in [0.3, 0.4) is 0 Å². The summed E-state index contributed by atoms with van der Waals surface area (Å²) in [5.41, 5.74) is 1.69. The molecule has 1 aromatic carbocycles. The van der Waals surface area contributed by atoms with Gasteiger partial charge < -0.3 is 9.84 Å². The van der Waals surface area contributed by atoms with Gasteiger partial charge in [-0.1, -0.05) is 12.1 Å². The number of aliphatic hydroxyl groups excluding tert-OH is 1. The Balaban J connectivity index is 1.86. The Kier molecular flexibility index (Phi) is 4.56. The number of carbonyl (C=O) groups excluding carboxylic acids is 1. The van der Waals surface area contributed by atoms with E-state index in [9.17, 15) is 9.90 Å². The Morgan fingerprint density at radius 1 is 1.42 bits per heavy atom. The molecular weight excluding hydrogens is 242 g/mol. The van der Waals surface area contributed by atoms with Crippen LogP contribution in [0.25, 0.3) is 0 Å². The summed E-state index contributed by atoms with van der Waals surface area (Å²) in [5.74, 6) is 0.188. The summed E-state index contributed by atoms with van der Waals surface area (Å²) in [6.45, 7) is 1.47. The van der Waals surface area contributed by atoms with E-state index < -0.39 is 0 Å². The lowest BCUT2D eigenvalue weighted by Crippen LogP contribution is -2.30. The molecule has 2 rings (SSSR count). The molecule has 0 radical (unpaired) electrons. The molecule has 104 valence electrons. The molecule has 1 unspecified atom stereocenters. The van der Waals surface area contributed by atoms with Crippen molar-refractivity contribution in [2.75, 3.05) is 20.7 Å². The highest BCUT2D eigenvalue weighted by atomic mass is 16.5. The third kappa shape index (κ3) is 4.04. The van der Waals surface area contributed by atoms with E-state index in [1.54, 1.807) is 12.1 Å². The zero-order valence-corrected chi connectivity index (χ0v) is 11.5. The number of likely N-dealkylation sites (N-methyl/N-ethyl adjacent to an activating group) is 1. The molecule has 0 aliphatic heterocycles. The van der Waals surface area contributed by atoms with Gasteiger partial charge in [0.05, 0.1) is 18.8 Å². The minimum Gasteiger partial charge on any atom is -0.465 e. The molecule has 0 saturated heterocycles. The summed E-state index contributed by atoms with van der Waals surface area (Å²) in [4.78, 5) is 13.4. The van der Waals surface area contributed by atoms with E-state index in [1.807, 2.05) is 19.2 Å². The first-order valence-corrected chi connectivity index (χ1v) is 6.64. The molecule has 1 aliphatic carbocycles. The molecular formula is C15H21NO3. The number of hydrogen-bond donors (Lipinski definition) is 1. The number of rotatable bonds is 6. The number of esters is 1. The predicted molar refractivity (Wildman–Crippen MR) is 72.8 cm³/mol.